The van der Waals surface area contributed by atoms with Gasteiger partial charge in [0, 0.05) is 38.9 Å². The summed E-state index contributed by atoms with van der Waals surface area (Å²) in [6, 6.07) is 3.93. The fourth-order valence-corrected chi connectivity index (χ4v) is 6.22. The summed E-state index contributed by atoms with van der Waals surface area (Å²) >= 11 is 0.855. The smallest absolute Gasteiger partial charge is 0.731 e. The first-order chi connectivity index (χ1) is 18.4. The van der Waals surface area contributed by atoms with Crippen molar-refractivity contribution in [1.29, 1.82) is 0 Å². The van der Waals surface area contributed by atoms with E-state index in [0.717, 1.165) is 11.8 Å². The Morgan fingerprint density at radius 3 is 2.33 bits per heavy atom. The molecule has 212 valence electrons. The Morgan fingerprint density at radius 1 is 1.10 bits per heavy atom. The molecule has 2 aliphatic heterocycles. The SMILES string of the molecule is CCN1CCN(C(=O)N[C@@H](C(=O)N[C@@H]2C(=O)N(S(=O)(=O)[O-])[C@@H]2SCCNC(C)=O)c2ccccc2)C(=O)C1=O.[Na+]. The molecule has 15 nitrogen and oxygen atoms in total. The molecule has 2 aliphatic rings. The number of nitrogens with zero attached hydrogens (tertiary/aromatic N) is 3. The zero-order valence-corrected chi connectivity index (χ0v) is 25.6. The van der Waals surface area contributed by atoms with E-state index in [9.17, 15) is 41.7 Å². The van der Waals surface area contributed by atoms with Gasteiger partial charge in [0.25, 0.3) is 5.91 Å². The Bertz CT molecular complexity index is 1270. The fourth-order valence-electron chi connectivity index (χ4n) is 3.93. The maximum Gasteiger partial charge on any atom is 1.00 e. The molecule has 0 saturated carbocycles. The van der Waals surface area contributed by atoms with Gasteiger partial charge < -0.3 is 25.4 Å². The molecule has 1 aromatic carbocycles. The number of rotatable bonds is 10. The maximum absolute atomic E-state index is 13.3. The average Bonchev–Trinajstić information content (AvgIpc) is 2.88. The van der Waals surface area contributed by atoms with Crippen LogP contribution in [0.2, 0.25) is 0 Å². The molecule has 18 heteroatoms. The molecule has 0 aliphatic carbocycles. The second-order valence-electron chi connectivity index (χ2n) is 8.46. The van der Waals surface area contributed by atoms with Crippen molar-refractivity contribution in [3.05, 3.63) is 35.9 Å². The molecule has 40 heavy (non-hydrogen) atoms. The van der Waals surface area contributed by atoms with Crippen molar-refractivity contribution in [2.75, 3.05) is 31.9 Å². The van der Waals surface area contributed by atoms with Crippen LogP contribution in [-0.2, 0) is 34.3 Å². The molecule has 7 amide bonds. The van der Waals surface area contributed by atoms with Crippen LogP contribution >= 0.6 is 11.8 Å². The number of amides is 7. The van der Waals surface area contributed by atoms with Gasteiger partial charge in [0.15, 0.2) is 10.3 Å². The minimum absolute atomic E-state index is 0. The predicted molar refractivity (Wildman–Crippen MR) is 135 cm³/mol. The molecule has 3 N–H and O–H groups in total. The molecule has 0 bridgehead atoms. The van der Waals surface area contributed by atoms with Gasteiger partial charge in [0.2, 0.25) is 11.8 Å². The topological polar surface area (TPSA) is 205 Å². The van der Waals surface area contributed by atoms with E-state index in [0.29, 0.717) is 4.90 Å². The van der Waals surface area contributed by atoms with E-state index in [1.807, 2.05) is 0 Å². The molecule has 3 rings (SSSR count). The third kappa shape index (κ3) is 7.73. The minimum Gasteiger partial charge on any atom is -0.731 e. The van der Waals surface area contributed by atoms with Crippen LogP contribution in [0.3, 0.4) is 0 Å². The third-order valence-electron chi connectivity index (χ3n) is 5.90. The van der Waals surface area contributed by atoms with E-state index in [2.05, 4.69) is 16.0 Å². The van der Waals surface area contributed by atoms with Crippen LogP contribution in [0.1, 0.15) is 25.5 Å². The predicted octanol–water partition coefficient (Wildman–Crippen LogP) is -4.89. The van der Waals surface area contributed by atoms with Crippen LogP contribution in [0.25, 0.3) is 0 Å². The van der Waals surface area contributed by atoms with Gasteiger partial charge in [0.1, 0.15) is 17.5 Å². The third-order valence-corrected chi connectivity index (χ3v) is 8.19. The van der Waals surface area contributed by atoms with Crippen LogP contribution in [0, 0.1) is 0 Å². The second kappa shape index (κ2) is 14.3. The Balaban J connectivity index is 0.00000560. The van der Waals surface area contributed by atoms with Crippen molar-refractivity contribution in [3.63, 3.8) is 0 Å². The van der Waals surface area contributed by atoms with Gasteiger partial charge in [-0.25, -0.2) is 17.5 Å². The standard InChI is InChI=1S/C22H28N6O9S2.Na/c1-3-26-10-11-27(20(33)19(26)32)22(34)25-15(14-7-5-4-6-8-14)17(30)24-16-18(31)28(39(35,36)37)21(16)38-12-9-23-13(2)29;/h4-8,15-16,21H,3,9-12H2,1-2H3,(H,23,29)(H,24,30)(H,25,34)(H,35,36,37);/q;+1/p-1/t15-,16-,21-;/m1./s1. The Morgan fingerprint density at radius 2 is 1.75 bits per heavy atom. The number of likely N-dealkylation sites (N-methyl/N-ethyl adjacent to an activating group) is 1. The van der Waals surface area contributed by atoms with E-state index in [-0.39, 0.29) is 77.3 Å². The number of thioether (sulfide) groups is 1. The van der Waals surface area contributed by atoms with Gasteiger partial charge in [-0.3, -0.25) is 28.9 Å². The van der Waals surface area contributed by atoms with Crippen LogP contribution in [0.15, 0.2) is 30.3 Å². The number of hydrogen-bond acceptors (Lipinski definition) is 10. The van der Waals surface area contributed by atoms with Gasteiger partial charge >= 0.3 is 47.4 Å². The van der Waals surface area contributed by atoms with E-state index < -0.39 is 57.4 Å². The van der Waals surface area contributed by atoms with Crippen LogP contribution in [0.4, 0.5) is 4.79 Å². The summed E-state index contributed by atoms with van der Waals surface area (Å²) < 4.78 is 34.9. The molecular weight excluding hydrogens is 579 g/mol. The molecule has 0 spiro atoms. The first-order valence-electron chi connectivity index (χ1n) is 11.8. The molecule has 0 unspecified atom stereocenters. The molecule has 1 aromatic rings. The first-order valence-corrected chi connectivity index (χ1v) is 14.2. The largest absolute Gasteiger partial charge is 1.00 e. The Labute approximate surface area is 256 Å². The van der Waals surface area contributed by atoms with Gasteiger partial charge in [-0.05, 0) is 12.5 Å². The normalized spacial score (nSPS) is 19.8. The number of imide groups is 1. The van der Waals surface area contributed by atoms with Gasteiger partial charge in [0.05, 0.1) is 0 Å². The van der Waals surface area contributed by atoms with Gasteiger partial charge in [-0.2, -0.15) is 0 Å². The van der Waals surface area contributed by atoms with Crippen molar-refractivity contribution >= 4 is 57.6 Å². The summed E-state index contributed by atoms with van der Waals surface area (Å²) in [6.45, 7) is 3.37. The molecule has 0 radical (unpaired) electrons. The Hall–Kier alpha value is -2.70. The van der Waals surface area contributed by atoms with Crippen LogP contribution in [0.5, 0.6) is 0 Å². The van der Waals surface area contributed by atoms with Crippen molar-refractivity contribution in [3.8, 4) is 0 Å². The summed E-state index contributed by atoms with van der Waals surface area (Å²) in [7, 11) is -5.19. The molecule has 2 saturated heterocycles. The molecular formula is C22H27N6NaO9S2. The summed E-state index contributed by atoms with van der Waals surface area (Å²) in [5.41, 5.74) is 0.268. The molecule has 2 fully saturated rings. The average molecular weight is 607 g/mol. The first kappa shape index (κ1) is 33.5. The maximum atomic E-state index is 13.3. The van der Waals surface area contributed by atoms with Crippen LogP contribution in [-0.4, -0.2) is 106 Å². The Kier molecular flexibility index (Phi) is 12.0. The van der Waals surface area contributed by atoms with Crippen molar-refractivity contribution < 1.29 is 71.3 Å². The van der Waals surface area contributed by atoms with Gasteiger partial charge in [-0.15, -0.1) is 11.8 Å². The summed E-state index contributed by atoms with van der Waals surface area (Å²) in [5, 5.41) is 5.98. The zero-order chi connectivity index (χ0) is 28.9. The number of piperazine rings is 1. The van der Waals surface area contributed by atoms with Gasteiger partial charge in [-0.1, -0.05) is 30.3 Å². The molecule has 0 aromatic heterocycles. The van der Waals surface area contributed by atoms with Crippen molar-refractivity contribution in [2.45, 2.75) is 31.3 Å². The van der Waals surface area contributed by atoms with E-state index in [4.69, 9.17) is 0 Å². The summed E-state index contributed by atoms with van der Waals surface area (Å²) in [4.78, 5) is 76.5. The molecule has 2 heterocycles. The number of β-lactam (4-membered cyclic amide) rings is 1. The van der Waals surface area contributed by atoms with Crippen molar-refractivity contribution in [1.82, 2.24) is 30.1 Å². The number of carbonyl (C=O) groups excluding carboxylic acids is 6. The molecule has 3 atom stereocenters. The summed E-state index contributed by atoms with van der Waals surface area (Å²) in [5.74, 6) is -4.23. The number of hydrogen-bond donors (Lipinski definition) is 3. The van der Waals surface area contributed by atoms with E-state index in [1.54, 1.807) is 25.1 Å². The number of nitrogens with one attached hydrogen (secondary N) is 3. The summed E-state index contributed by atoms with van der Waals surface area (Å²) in [6.07, 6.45) is 0. The van der Waals surface area contributed by atoms with E-state index >= 15 is 0 Å². The van der Waals surface area contributed by atoms with Crippen molar-refractivity contribution in [2.24, 2.45) is 0 Å². The monoisotopic (exact) mass is 606 g/mol. The number of benzene rings is 1. The number of urea groups is 1. The fraction of sp³-hybridized carbons (Fsp3) is 0.455. The number of carbonyl (C=O) groups is 6. The van der Waals surface area contributed by atoms with E-state index in [1.165, 1.54) is 24.0 Å². The zero-order valence-electron chi connectivity index (χ0n) is 22.0. The van der Waals surface area contributed by atoms with Crippen LogP contribution < -0.4 is 45.5 Å². The minimum atomic E-state index is -5.19. The quantitative estimate of drug-likeness (QED) is 0.0761. The second-order valence-corrected chi connectivity index (χ2v) is 10.9.